The van der Waals surface area contributed by atoms with Gasteiger partial charge in [-0.25, -0.2) is 0 Å². The third-order valence-electron chi connectivity index (χ3n) is 8.96. The number of carboxylic acid groups (broad SMARTS) is 2. The first kappa shape index (κ1) is 54.6. The van der Waals surface area contributed by atoms with Gasteiger partial charge in [-0.1, -0.05) is 139 Å². The van der Waals surface area contributed by atoms with Gasteiger partial charge in [-0.15, -0.1) is 0 Å². The van der Waals surface area contributed by atoms with Gasteiger partial charge in [0.15, 0.2) is 0 Å². The van der Waals surface area contributed by atoms with Crippen LogP contribution in [-0.2, 0) is 35.3 Å². The van der Waals surface area contributed by atoms with E-state index in [0.29, 0.717) is 38.5 Å². The summed E-state index contributed by atoms with van der Waals surface area (Å²) in [5, 5.41) is 40.6. The molecule has 9 heteroatoms. The molecule has 7 nitrogen and oxygen atoms in total. The summed E-state index contributed by atoms with van der Waals surface area (Å²) in [5.74, 6) is -2.09. The first-order valence-electron chi connectivity index (χ1n) is 19.1. The van der Waals surface area contributed by atoms with Crippen molar-refractivity contribution in [3.05, 3.63) is 70.8 Å². The van der Waals surface area contributed by atoms with Gasteiger partial charge in [-0.2, -0.15) is 0 Å². The minimum Gasteiger partial charge on any atom is -0.550 e. The Labute approximate surface area is 354 Å². The Morgan fingerprint density at radius 3 is 1.06 bits per heavy atom. The van der Waals surface area contributed by atoms with Crippen LogP contribution >= 0.6 is 0 Å². The molecule has 2 unspecified atom stereocenters. The molecule has 0 saturated heterocycles. The maximum absolute atomic E-state index is 10.4. The third kappa shape index (κ3) is 33.6. The van der Waals surface area contributed by atoms with Crippen LogP contribution in [0.15, 0.2) is 48.5 Å². The molecule has 2 rings (SSSR count). The average Bonchev–Trinajstić information content (AvgIpc) is 3.05. The molecule has 0 aliphatic heterocycles. The van der Waals surface area contributed by atoms with Crippen molar-refractivity contribution >= 4 is 11.9 Å². The van der Waals surface area contributed by atoms with Crippen molar-refractivity contribution in [3.8, 4) is 0 Å². The number of carbonyl (C=O) groups is 2. The van der Waals surface area contributed by atoms with Crippen molar-refractivity contribution in [1.82, 2.24) is 0 Å². The largest absolute Gasteiger partial charge is 1.00 e. The van der Waals surface area contributed by atoms with Crippen LogP contribution in [0.2, 0.25) is 0 Å². The number of aryl methyl sites for hydroxylation is 2. The minimum absolute atomic E-state index is 0. The monoisotopic (exact) mass is 730 g/mol. The van der Waals surface area contributed by atoms with Gasteiger partial charge >= 0.3 is 59.1 Å². The normalized spacial score (nSPS) is 11.5. The summed E-state index contributed by atoms with van der Waals surface area (Å²) < 4.78 is 0. The van der Waals surface area contributed by atoms with Crippen molar-refractivity contribution in [2.45, 2.75) is 180 Å². The van der Waals surface area contributed by atoms with E-state index in [9.17, 15) is 30.0 Å². The number of carbonyl (C=O) groups excluding carboxylic acids is 2. The zero-order chi connectivity index (χ0) is 35.2. The Kier molecular flexibility index (Phi) is 40.2. The predicted octanol–water partition coefficient (Wildman–Crippen LogP) is 0.790. The van der Waals surface area contributed by atoms with Gasteiger partial charge in [0.25, 0.3) is 0 Å². The van der Waals surface area contributed by atoms with Gasteiger partial charge in [0.2, 0.25) is 0 Å². The van der Waals surface area contributed by atoms with Crippen LogP contribution < -0.4 is 69.3 Å². The molecule has 0 bridgehead atoms. The molecule has 2 aromatic rings. The van der Waals surface area contributed by atoms with Crippen LogP contribution in [0.25, 0.3) is 0 Å². The smallest absolute Gasteiger partial charge is 0.550 e. The topological polar surface area (TPSA) is 152 Å². The number of unbranched alkanes of at least 4 members (excludes halogenated alkanes) is 12. The Morgan fingerprint density at radius 1 is 0.490 bits per heavy atom. The van der Waals surface area contributed by atoms with Crippen molar-refractivity contribution in [2.75, 3.05) is 0 Å². The molecule has 2 aromatic carbocycles. The number of aliphatic carboxylic acids is 2. The molecule has 0 amide bonds. The third-order valence-corrected chi connectivity index (χ3v) is 8.96. The Morgan fingerprint density at radius 2 is 0.765 bits per heavy atom. The zero-order valence-electron chi connectivity index (χ0n) is 32.8. The maximum atomic E-state index is 10.4. The summed E-state index contributed by atoms with van der Waals surface area (Å²) in [7, 11) is 0. The molecule has 0 aliphatic carbocycles. The second kappa shape index (κ2) is 37.6. The molecular formula is C42H68Na2O7. The molecule has 2 atom stereocenters. The van der Waals surface area contributed by atoms with E-state index in [1.165, 1.54) is 101 Å². The summed E-state index contributed by atoms with van der Waals surface area (Å²) in [5.41, 5.74) is 4.94. The van der Waals surface area contributed by atoms with Crippen molar-refractivity contribution in [3.63, 3.8) is 0 Å². The molecule has 0 radical (unpaired) electrons. The molecule has 0 heterocycles. The Bertz CT molecular complexity index is 978. The molecule has 0 fully saturated rings. The number of aliphatic hydroxyl groups is 2. The van der Waals surface area contributed by atoms with E-state index in [1.807, 2.05) is 0 Å². The zero-order valence-corrected chi connectivity index (χ0v) is 36.8. The van der Waals surface area contributed by atoms with Crippen LogP contribution in [0.3, 0.4) is 0 Å². The van der Waals surface area contributed by atoms with Crippen LogP contribution in [0.5, 0.6) is 0 Å². The van der Waals surface area contributed by atoms with Crippen molar-refractivity contribution in [1.29, 1.82) is 0 Å². The molecule has 280 valence electrons. The van der Waals surface area contributed by atoms with E-state index in [2.05, 4.69) is 62.4 Å². The predicted molar refractivity (Wildman–Crippen MR) is 197 cm³/mol. The fourth-order valence-electron chi connectivity index (χ4n) is 5.97. The summed E-state index contributed by atoms with van der Waals surface area (Å²) in [4.78, 5) is 20.7. The second-order valence-corrected chi connectivity index (χ2v) is 13.6. The van der Waals surface area contributed by atoms with E-state index in [0.717, 1.165) is 24.0 Å². The molecule has 0 aromatic heterocycles. The fourth-order valence-corrected chi connectivity index (χ4v) is 5.97. The van der Waals surface area contributed by atoms with Gasteiger partial charge in [0, 0.05) is 11.9 Å². The van der Waals surface area contributed by atoms with Gasteiger partial charge < -0.3 is 35.5 Å². The summed E-state index contributed by atoms with van der Waals surface area (Å²) in [6.07, 6.45) is 23.1. The number of hydrogen-bond acceptors (Lipinski definition) is 6. The summed E-state index contributed by atoms with van der Waals surface area (Å²) >= 11 is 0. The number of benzene rings is 2. The first-order chi connectivity index (χ1) is 23.2. The van der Waals surface area contributed by atoms with Crippen LogP contribution in [0.1, 0.15) is 165 Å². The van der Waals surface area contributed by atoms with Gasteiger partial charge in [0.05, 0.1) is 12.2 Å². The number of carboxylic acids is 2. The van der Waals surface area contributed by atoms with Gasteiger partial charge in [0.1, 0.15) is 0 Å². The Hall–Kier alpha value is -0.740. The van der Waals surface area contributed by atoms with Gasteiger partial charge in [-0.3, -0.25) is 0 Å². The summed E-state index contributed by atoms with van der Waals surface area (Å²) in [6, 6.07) is 16.9. The number of hydrogen-bond donors (Lipinski definition) is 2. The van der Waals surface area contributed by atoms with E-state index >= 15 is 0 Å². The molecule has 4 N–H and O–H groups in total. The van der Waals surface area contributed by atoms with E-state index in [-0.39, 0.29) is 77.4 Å². The fraction of sp³-hybridized carbons (Fsp3) is 0.667. The maximum Gasteiger partial charge on any atom is 1.00 e. The molecule has 51 heavy (non-hydrogen) atoms. The Balaban J connectivity index is -0.000000853. The average molecular weight is 731 g/mol. The van der Waals surface area contributed by atoms with E-state index < -0.39 is 24.1 Å². The molecule has 0 saturated carbocycles. The standard InChI is InChI=1S/2C21H34O3.2Na.H2O/c2*1-2-3-4-5-6-7-8-10-18-13-15-19(16-14-18)17-20(22)11-9-12-21(23)24;;;/h2*13-16,20,22H,2-12,17H2,1H3,(H,23,24);;;1H2/q;;2*+1;/p-2. The van der Waals surface area contributed by atoms with E-state index in [4.69, 9.17) is 0 Å². The van der Waals surface area contributed by atoms with Gasteiger partial charge in [-0.05, 0) is 99.3 Å². The summed E-state index contributed by atoms with van der Waals surface area (Å²) in [6.45, 7) is 4.49. The molecule has 0 spiro atoms. The first-order valence-corrected chi connectivity index (χ1v) is 19.1. The molecular weight excluding hydrogens is 662 g/mol. The molecule has 0 aliphatic rings. The quantitative estimate of drug-likeness (QED) is 0.0977. The SMILES string of the molecule is CCCCCCCCCc1ccc(CC(O)CCCC(=O)[O-])cc1.CCCCCCCCCc1ccc(CC(O)CCCC(=O)[O-])cc1.O.[Na+].[Na+]. The second-order valence-electron chi connectivity index (χ2n) is 13.6. The van der Waals surface area contributed by atoms with Crippen LogP contribution in [0.4, 0.5) is 0 Å². The van der Waals surface area contributed by atoms with Crippen LogP contribution in [-0.4, -0.2) is 39.8 Å². The van der Waals surface area contributed by atoms with E-state index in [1.54, 1.807) is 0 Å². The van der Waals surface area contributed by atoms with Crippen molar-refractivity contribution < 1.29 is 94.6 Å². The number of aliphatic hydroxyl groups excluding tert-OH is 2. The van der Waals surface area contributed by atoms with Crippen LogP contribution in [0, 0.1) is 0 Å². The minimum atomic E-state index is -1.04. The number of rotatable bonds is 28. The van der Waals surface area contributed by atoms with Crippen molar-refractivity contribution in [2.24, 2.45) is 0 Å².